The molecule has 95 valence electrons. The molecule has 4 heteroatoms. The first-order chi connectivity index (χ1) is 8.63. The number of nitrogens with one attached hydrogen (secondary N) is 1. The van der Waals surface area contributed by atoms with E-state index in [0.29, 0.717) is 12.5 Å². The number of piperazine rings is 1. The molecule has 1 aromatic rings. The van der Waals surface area contributed by atoms with Crippen molar-refractivity contribution in [3.05, 3.63) is 35.4 Å². The Hall–Kier alpha value is -1.84. The van der Waals surface area contributed by atoms with Gasteiger partial charge in [0, 0.05) is 6.54 Å². The van der Waals surface area contributed by atoms with Gasteiger partial charge in [0.1, 0.15) is 6.54 Å². The Morgan fingerprint density at radius 2 is 2.11 bits per heavy atom. The number of nitrogens with zero attached hydrogens (tertiary/aromatic N) is 1. The van der Waals surface area contributed by atoms with Crippen molar-refractivity contribution < 1.29 is 9.59 Å². The molecule has 1 aliphatic rings. The molecule has 0 saturated carbocycles. The van der Waals surface area contributed by atoms with Crippen molar-refractivity contribution in [2.24, 2.45) is 0 Å². The standard InChI is InChI=1S/C14H17N2O2/c1-10(2)11-5-3-4-6-12(11)13-7-15-14(18)8-16(13)9-17/h3-6,10,13H,7-8H2,1-2H3,(H,15,18). The Morgan fingerprint density at radius 3 is 2.78 bits per heavy atom. The number of hydrogen-bond donors (Lipinski definition) is 1. The topological polar surface area (TPSA) is 49.4 Å². The van der Waals surface area contributed by atoms with E-state index in [1.807, 2.05) is 24.6 Å². The van der Waals surface area contributed by atoms with Gasteiger partial charge in [-0.1, -0.05) is 38.1 Å². The van der Waals surface area contributed by atoms with Gasteiger partial charge in [0.05, 0.1) is 6.04 Å². The van der Waals surface area contributed by atoms with Crippen LogP contribution in [0.5, 0.6) is 0 Å². The lowest BCUT2D eigenvalue weighted by atomic mass is 9.91. The fourth-order valence-electron chi connectivity index (χ4n) is 2.36. The smallest absolute Gasteiger partial charge is 0.313 e. The van der Waals surface area contributed by atoms with Crippen molar-refractivity contribution in [1.29, 1.82) is 0 Å². The molecule has 0 spiro atoms. The van der Waals surface area contributed by atoms with Gasteiger partial charge in [-0.2, -0.15) is 0 Å². The van der Waals surface area contributed by atoms with Gasteiger partial charge >= 0.3 is 6.41 Å². The molecule has 1 fully saturated rings. The maximum atomic E-state index is 11.3. The van der Waals surface area contributed by atoms with Crippen LogP contribution < -0.4 is 5.32 Å². The Balaban J connectivity index is 2.35. The highest BCUT2D eigenvalue weighted by Crippen LogP contribution is 2.28. The van der Waals surface area contributed by atoms with Gasteiger partial charge in [0.25, 0.3) is 0 Å². The number of hydrogen-bond acceptors (Lipinski definition) is 2. The number of carbonyl (C=O) groups is 1. The SMILES string of the molecule is CC(C)c1ccccc1C1CNC(=O)CN1[C]=O. The highest BCUT2D eigenvalue weighted by Gasteiger charge is 2.28. The van der Waals surface area contributed by atoms with Crippen LogP contribution in [0.15, 0.2) is 24.3 Å². The molecule has 0 bridgehead atoms. The van der Waals surface area contributed by atoms with Crippen molar-refractivity contribution in [2.75, 3.05) is 13.1 Å². The Labute approximate surface area is 107 Å². The van der Waals surface area contributed by atoms with Crippen LogP contribution in [0, 0.1) is 0 Å². The lowest BCUT2D eigenvalue weighted by molar-refractivity contribution is -0.124. The maximum Gasteiger partial charge on any atom is 0.313 e. The summed E-state index contributed by atoms with van der Waals surface area (Å²) in [6.07, 6.45) is 1.87. The summed E-state index contributed by atoms with van der Waals surface area (Å²) in [5.74, 6) is 0.254. The second-order valence-electron chi connectivity index (χ2n) is 4.82. The van der Waals surface area contributed by atoms with Gasteiger partial charge in [-0.3, -0.25) is 9.59 Å². The van der Waals surface area contributed by atoms with Crippen molar-refractivity contribution >= 4 is 12.3 Å². The van der Waals surface area contributed by atoms with Crippen LogP contribution in [0.4, 0.5) is 0 Å². The summed E-state index contributed by atoms with van der Waals surface area (Å²) in [6.45, 7) is 4.78. The van der Waals surface area contributed by atoms with Crippen molar-refractivity contribution in [3.8, 4) is 0 Å². The lowest BCUT2D eigenvalue weighted by Gasteiger charge is -2.33. The van der Waals surface area contributed by atoms with Crippen LogP contribution in [-0.2, 0) is 9.59 Å². The molecular formula is C14H17N2O2. The zero-order chi connectivity index (χ0) is 13.1. The first-order valence-electron chi connectivity index (χ1n) is 6.13. The molecular weight excluding hydrogens is 228 g/mol. The molecule has 1 N–H and O–H groups in total. The van der Waals surface area contributed by atoms with Crippen LogP contribution >= 0.6 is 0 Å². The lowest BCUT2D eigenvalue weighted by Crippen LogP contribution is -2.49. The Bertz CT molecular complexity index is 457. The minimum atomic E-state index is -0.128. The summed E-state index contributed by atoms with van der Waals surface area (Å²) in [5, 5.41) is 2.80. The third-order valence-electron chi connectivity index (χ3n) is 3.28. The third kappa shape index (κ3) is 2.37. The number of carbonyl (C=O) groups excluding carboxylic acids is 2. The van der Waals surface area contributed by atoms with Crippen LogP contribution in [0.2, 0.25) is 0 Å². The predicted octanol–water partition coefficient (Wildman–Crippen LogP) is 1.35. The zero-order valence-corrected chi connectivity index (χ0v) is 10.6. The quantitative estimate of drug-likeness (QED) is 0.874. The maximum absolute atomic E-state index is 11.3. The highest BCUT2D eigenvalue weighted by molar-refractivity contribution is 5.81. The molecule has 1 radical (unpaired) electrons. The monoisotopic (exact) mass is 245 g/mol. The fraction of sp³-hybridized carbons (Fsp3) is 0.429. The van der Waals surface area contributed by atoms with Crippen LogP contribution in [-0.4, -0.2) is 30.3 Å². The molecule has 18 heavy (non-hydrogen) atoms. The van der Waals surface area contributed by atoms with Gasteiger partial charge in [-0.05, 0) is 17.0 Å². The summed E-state index contributed by atoms with van der Waals surface area (Å²) in [7, 11) is 0. The molecule has 1 saturated heterocycles. The van der Waals surface area contributed by atoms with Gasteiger partial charge in [-0.15, -0.1) is 0 Å². The van der Waals surface area contributed by atoms with Crippen molar-refractivity contribution in [1.82, 2.24) is 10.2 Å². The Kier molecular flexibility index (Phi) is 3.65. The summed E-state index contributed by atoms with van der Waals surface area (Å²) in [5.41, 5.74) is 2.30. The average molecular weight is 245 g/mol. The average Bonchev–Trinajstić information content (AvgIpc) is 2.38. The van der Waals surface area contributed by atoms with Gasteiger partial charge in [0.15, 0.2) is 0 Å². The van der Waals surface area contributed by atoms with E-state index in [2.05, 4.69) is 25.2 Å². The number of benzene rings is 1. The summed E-state index contributed by atoms with van der Waals surface area (Å²) in [6, 6.07) is 7.93. The molecule has 2 rings (SSSR count). The molecule has 4 nitrogen and oxygen atoms in total. The van der Waals surface area contributed by atoms with Crippen LogP contribution in [0.1, 0.15) is 36.9 Å². The Morgan fingerprint density at radius 1 is 1.39 bits per heavy atom. The molecule has 1 aromatic carbocycles. The van der Waals surface area contributed by atoms with E-state index in [0.717, 1.165) is 5.56 Å². The molecule has 0 aromatic heterocycles. The van der Waals surface area contributed by atoms with E-state index >= 15 is 0 Å². The van der Waals surface area contributed by atoms with Gasteiger partial charge in [0.2, 0.25) is 5.91 Å². The molecule has 1 aliphatic heterocycles. The van der Waals surface area contributed by atoms with Crippen LogP contribution in [0.25, 0.3) is 0 Å². The van der Waals surface area contributed by atoms with E-state index in [9.17, 15) is 9.59 Å². The van der Waals surface area contributed by atoms with E-state index in [4.69, 9.17) is 0 Å². The third-order valence-corrected chi connectivity index (χ3v) is 3.28. The van der Waals surface area contributed by atoms with E-state index in [1.54, 1.807) is 0 Å². The van der Waals surface area contributed by atoms with E-state index in [-0.39, 0.29) is 18.5 Å². The number of rotatable bonds is 3. The summed E-state index contributed by atoms with van der Waals surface area (Å²) in [4.78, 5) is 23.7. The van der Waals surface area contributed by atoms with E-state index < -0.39 is 0 Å². The fourth-order valence-corrected chi connectivity index (χ4v) is 2.36. The highest BCUT2D eigenvalue weighted by atomic mass is 16.2. The molecule has 1 atom stereocenters. The molecule has 1 heterocycles. The second-order valence-corrected chi connectivity index (χ2v) is 4.82. The molecule has 1 unspecified atom stereocenters. The molecule has 0 aliphatic carbocycles. The largest absolute Gasteiger partial charge is 0.352 e. The molecule has 2 amide bonds. The van der Waals surface area contributed by atoms with Crippen LogP contribution in [0.3, 0.4) is 0 Å². The minimum Gasteiger partial charge on any atom is -0.352 e. The first kappa shape index (κ1) is 12.6. The first-order valence-corrected chi connectivity index (χ1v) is 6.13. The van der Waals surface area contributed by atoms with Crippen molar-refractivity contribution in [3.63, 3.8) is 0 Å². The zero-order valence-electron chi connectivity index (χ0n) is 10.6. The predicted molar refractivity (Wildman–Crippen MR) is 68.7 cm³/mol. The minimum absolute atomic E-state index is 0.0839. The normalized spacial score (nSPS) is 19.8. The number of amides is 2. The van der Waals surface area contributed by atoms with Gasteiger partial charge < -0.3 is 10.2 Å². The van der Waals surface area contributed by atoms with Crippen molar-refractivity contribution in [2.45, 2.75) is 25.8 Å². The summed E-state index contributed by atoms with van der Waals surface area (Å²) < 4.78 is 0. The van der Waals surface area contributed by atoms with E-state index in [1.165, 1.54) is 10.5 Å². The second kappa shape index (κ2) is 5.21. The summed E-state index contributed by atoms with van der Waals surface area (Å²) >= 11 is 0. The van der Waals surface area contributed by atoms with Gasteiger partial charge in [-0.25, -0.2) is 0 Å².